The Kier molecular flexibility index (Phi) is 6.97. The summed E-state index contributed by atoms with van der Waals surface area (Å²) in [5.74, 6) is -0.310. The Balaban J connectivity index is 2.03. The van der Waals surface area contributed by atoms with Crippen molar-refractivity contribution >= 4 is 17.7 Å². The predicted molar refractivity (Wildman–Crippen MR) is 98.1 cm³/mol. The Labute approximate surface area is 154 Å². The summed E-state index contributed by atoms with van der Waals surface area (Å²) in [7, 11) is 0. The third kappa shape index (κ3) is 4.94. The van der Waals surface area contributed by atoms with E-state index in [1.807, 2.05) is 0 Å². The largest absolute Gasteiger partial charge is 0.461 e. The Morgan fingerprint density at radius 3 is 2.69 bits per heavy atom. The van der Waals surface area contributed by atoms with E-state index in [1.54, 1.807) is 20.8 Å². The molecule has 26 heavy (non-hydrogen) atoms. The summed E-state index contributed by atoms with van der Waals surface area (Å²) in [6.45, 7) is 7.59. The Morgan fingerprint density at radius 1 is 1.31 bits per heavy atom. The minimum Gasteiger partial charge on any atom is -0.461 e. The quantitative estimate of drug-likeness (QED) is 0.543. The third-order valence-corrected chi connectivity index (χ3v) is 4.97. The first-order chi connectivity index (χ1) is 12.3. The summed E-state index contributed by atoms with van der Waals surface area (Å²) in [6.07, 6.45) is 3.24. The number of hydrogen-bond donors (Lipinski definition) is 2. The van der Waals surface area contributed by atoms with Crippen LogP contribution in [-0.2, 0) is 9.53 Å². The maximum absolute atomic E-state index is 12.8. The van der Waals surface area contributed by atoms with Gasteiger partial charge in [0.25, 0.3) is 0 Å². The van der Waals surface area contributed by atoms with Crippen molar-refractivity contribution in [3.05, 3.63) is 22.5 Å². The number of hydrogen-bond acceptors (Lipinski definition) is 5. The smallest absolute Gasteiger partial charge is 0.355 e. The Morgan fingerprint density at radius 2 is 2.04 bits per heavy atom. The second-order valence-electron chi connectivity index (χ2n) is 7.02. The number of rotatable bonds is 8. The SMILES string of the molecule is CCOC(=O)c1[nH]c(C)c(C(=O)CN2CCCC(CCC(N)=O)C2)c1C. The van der Waals surface area contributed by atoms with Crippen molar-refractivity contribution in [3.8, 4) is 0 Å². The van der Waals surface area contributed by atoms with Crippen molar-refractivity contribution in [3.63, 3.8) is 0 Å². The summed E-state index contributed by atoms with van der Waals surface area (Å²) in [5.41, 5.74) is 7.50. The number of Topliss-reactive ketones (excluding diaryl/α,β-unsaturated/α-hetero) is 1. The summed E-state index contributed by atoms with van der Waals surface area (Å²) in [5, 5.41) is 0. The molecule has 0 aromatic carbocycles. The molecule has 1 unspecified atom stereocenters. The van der Waals surface area contributed by atoms with Crippen LogP contribution in [0.5, 0.6) is 0 Å². The number of aromatic amines is 1. The maximum Gasteiger partial charge on any atom is 0.355 e. The standard InChI is InChI=1S/C19H29N3O4/c1-4-26-19(25)18-12(2)17(13(3)21-18)15(23)11-22-9-5-6-14(10-22)7-8-16(20)24/h14,21H,4-11H2,1-3H3,(H2,20,24). The summed E-state index contributed by atoms with van der Waals surface area (Å²) in [4.78, 5) is 40.9. The Hall–Kier alpha value is -2.15. The first-order valence-corrected chi connectivity index (χ1v) is 9.23. The summed E-state index contributed by atoms with van der Waals surface area (Å²) >= 11 is 0. The molecule has 1 aliphatic heterocycles. The van der Waals surface area contributed by atoms with Crippen LogP contribution in [0.3, 0.4) is 0 Å². The fourth-order valence-electron chi connectivity index (χ4n) is 3.73. The van der Waals surface area contributed by atoms with E-state index in [4.69, 9.17) is 10.5 Å². The molecular formula is C19H29N3O4. The van der Waals surface area contributed by atoms with Crippen LogP contribution >= 0.6 is 0 Å². The number of nitrogens with zero attached hydrogens (tertiary/aromatic N) is 1. The molecule has 0 spiro atoms. The number of ketones is 1. The number of H-pyrrole nitrogens is 1. The molecule has 1 atom stereocenters. The number of primary amides is 1. The van der Waals surface area contributed by atoms with Gasteiger partial charge >= 0.3 is 5.97 Å². The van der Waals surface area contributed by atoms with E-state index in [1.165, 1.54) is 0 Å². The lowest BCUT2D eigenvalue weighted by atomic mass is 9.93. The molecule has 1 amide bonds. The lowest BCUT2D eigenvalue weighted by Crippen LogP contribution is -2.39. The van der Waals surface area contributed by atoms with Gasteiger partial charge in [0.2, 0.25) is 5.91 Å². The molecule has 1 saturated heterocycles. The van der Waals surface area contributed by atoms with Crippen molar-refractivity contribution in [1.29, 1.82) is 0 Å². The topological polar surface area (TPSA) is 105 Å². The summed E-state index contributed by atoms with van der Waals surface area (Å²) < 4.78 is 5.04. The fraction of sp³-hybridized carbons (Fsp3) is 0.632. The van der Waals surface area contributed by atoms with E-state index in [-0.39, 0.29) is 11.7 Å². The average molecular weight is 363 g/mol. The van der Waals surface area contributed by atoms with Crippen molar-refractivity contribution in [2.45, 2.75) is 46.5 Å². The van der Waals surface area contributed by atoms with Gasteiger partial charge in [-0.2, -0.15) is 0 Å². The first kappa shape index (κ1) is 20.2. The minimum absolute atomic E-state index is 0.00218. The van der Waals surface area contributed by atoms with Crippen LogP contribution in [0.1, 0.15) is 64.7 Å². The van der Waals surface area contributed by atoms with Gasteiger partial charge in [-0.25, -0.2) is 4.79 Å². The van der Waals surface area contributed by atoms with E-state index < -0.39 is 5.97 Å². The van der Waals surface area contributed by atoms with Gasteiger partial charge in [0, 0.05) is 24.2 Å². The molecular weight excluding hydrogens is 334 g/mol. The number of carbonyl (C=O) groups excluding carboxylic acids is 3. The Bertz CT molecular complexity index is 681. The molecule has 0 radical (unpaired) electrons. The highest BCUT2D eigenvalue weighted by Gasteiger charge is 2.26. The molecule has 1 aliphatic rings. The lowest BCUT2D eigenvalue weighted by Gasteiger charge is -2.32. The lowest BCUT2D eigenvalue weighted by molar-refractivity contribution is -0.118. The number of amides is 1. The monoisotopic (exact) mass is 363 g/mol. The molecule has 3 N–H and O–H groups in total. The van der Waals surface area contributed by atoms with Crippen molar-refractivity contribution in [2.24, 2.45) is 11.7 Å². The number of carbonyl (C=O) groups is 3. The predicted octanol–water partition coefficient (Wildman–Crippen LogP) is 1.97. The highest BCUT2D eigenvalue weighted by atomic mass is 16.5. The number of nitrogens with one attached hydrogen (secondary N) is 1. The zero-order valence-electron chi connectivity index (χ0n) is 15.9. The number of piperidine rings is 1. The van der Waals surface area contributed by atoms with Gasteiger partial charge < -0.3 is 15.5 Å². The molecule has 0 bridgehead atoms. The van der Waals surface area contributed by atoms with E-state index in [0.29, 0.717) is 48.0 Å². The molecule has 144 valence electrons. The fourth-order valence-corrected chi connectivity index (χ4v) is 3.73. The van der Waals surface area contributed by atoms with E-state index in [2.05, 4.69) is 9.88 Å². The van der Waals surface area contributed by atoms with Crippen LogP contribution in [0.25, 0.3) is 0 Å². The molecule has 1 aromatic heterocycles. The van der Waals surface area contributed by atoms with Gasteiger partial charge in [0.15, 0.2) is 5.78 Å². The summed E-state index contributed by atoms with van der Waals surface area (Å²) in [6, 6.07) is 0. The number of aromatic nitrogens is 1. The minimum atomic E-state index is -0.434. The molecule has 7 nitrogen and oxygen atoms in total. The highest BCUT2D eigenvalue weighted by molar-refractivity contribution is 6.03. The first-order valence-electron chi connectivity index (χ1n) is 9.23. The van der Waals surface area contributed by atoms with E-state index in [0.717, 1.165) is 32.4 Å². The van der Waals surface area contributed by atoms with Crippen molar-refractivity contribution < 1.29 is 19.1 Å². The third-order valence-electron chi connectivity index (χ3n) is 4.97. The average Bonchev–Trinajstić information content (AvgIpc) is 2.88. The maximum atomic E-state index is 12.8. The van der Waals surface area contributed by atoms with Crippen molar-refractivity contribution in [1.82, 2.24) is 9.88 Å². The zero-order chi connectivity index (χ0) is 19.3. The van der Waals surface area contributed by atoms with Crippen LogP contribution in [-0.4, -0.2) is 53.8 Å². The number of likely N-dealkylation sites (tertiary alicyclic amines) is 1. The molecule has 0 saturated carbocycles. The van der Waals surface area contributed by atoms with Crippen LogP contribution in [0.2, 0.25) is 0 Å². The highest BCUT2D eigenvalue weighted by Crippen LogP contribution is 2.23. The number of nitrogens with two attached hydrogens (primary N) is 1. The van der Waals surface area contributed by atoms with Crippen LogP contribution in [0, 0.1) is 19.8 Å². The number of ether oxygens (including phenoxy) is 1. The normalized spacial score (nSPS) is 17.9. The molecule has 2 rings (SSSR count). The van der Waals surface area contributed by atoms with Crippen molar-refractivity contribution in [2.75, 3.05) is 26.2 Å². The van der Waals surface area contributed by atoms with Crippen LogP contribution in [0.15, 0.2) is 0 Å². The van der Waals surface area contributed by atoms with Gasteiger partial charge in [-0.1, -0.05) is 0 Å². The van der Waals surface area contributed by atoms with Gasteiger partial charge in [0.05, 0.1) is 13.2 Å². The van der Waals surface area contributed by atoms with E-state index >= 15 is 0 Å². The van der Waals surface area contributed by atoms with Crippen LogP contribution < -0.4 is 5.73 Å². The molecule has 0 aliphatic carbocycles. The molecule has 1 aromatic rings. The molecule has 7 heteroatoms. The van der Waals surface area contributed by atoms with E-state index in [9.17, 15) is 14.4 Å². The van der Waals surface area contributed by atoms with Gasteiger partial charge in [-0.05, 0) is 58.1 Å². The number of aryl methyl sites for hydroxylation is 1. The second kappa shape index (κ2) is 8.98. The number of esters is 1. The van der Waals surface area contributed by atoms with Gasteiger partial charge in [0.1, 0.15) is 5.69 Å². The second-order valence-corrected chi connectivity index (χ2v) is 7.02. The van der Waals surface area contributed by atoms with Gasteiger partial charge in [-0.3, -0.25) is 14.5 Å². The van der Waals surface area contributed by atoms with Gasteiger partial charge in [-0.15, -0.1) is 0 Å². The zero-order valence-corrected chi connectivity index (χ0v) is 15.9. The molecule has 2 heterocycles. The van der Waals surface area contributed by atoms with Crippen LogP contribution in [0.4, 0.5) is 0 Å². The molecule has 1 fully saturated rings.